The van der Waals surface area contributed by atoms with Crippen molar-refractivity contribution in [3.8, 4) is 11.4 Å². The highest BCUT2D eigenvalue weighted by Gasteiger charge is 2.13. The Morgan fingerprint density at radius 1 is 1.18 bits per heavy atom. The molecule has 0 aliphatic heterocycles. The maximum atomic E-state index is 6.00. The number of aromatic nitrogens is 4. The lowest BCUT2D eigenvalue weighted by Crippen LogP contribution is -1.97. The molecule has 5 heteroatoms. The molecule has 2 aromatic heterocycles. The van der Waals surface area contributed by atoms with Crippen molar-refractivity contribution >= 4 is 11.5 Å². The zero-order valence-electron chi connectivity index (χ0n) is 9.33. The Hall–Kier alpha value is -2.43. The van der Waals surface area contributed by atoms with Crippen LogP contribution in [0.15, 0.2) is 36.7 Å². The Balaban J connectivity index is 2.35. The van der Waals surface area contributed by atoms with Gasteiger partial charge in [0.2, 0.25) is 0 Å². The second-order valence-electron chi connectivity index (χ2n) is 3.85. The van der Waals surface area contributed by atoms with Gasteiger partial charge in [0.1, 0.15) is 0 Å². The van der Waals surface area contributed by atoms with Gasteiger partial charge >= 0.3 is 0 Å². The Bertz CT molecular complexity index is 666. The summed E-state index contributed by atoms with van der Waals surface area (Å²) in [5, 5.41) is 8.18. The van der Waals surface area contributed by atoms with Crippen LogP contribution in [0, 0.1) is 6.92 Å². The van der Waals surface area contributed by atoms with Gasteiger partial charge in [-0.3, -0.25) is 4.40 Å². The normalized spacial score (nSPS) is 10.9. The fourth-order valence-corrected chi connectivity index (χ4v) is 1.91. The van der Waals surface area contributed by atoms with Gasteiger partial charge in [-0.25, -0.2) is 4.98 Å². The molecule has 0 atom stereocenters. The molecule has 2 heterocycles. The molecule has 3 aromatic rings. The fourth-order valence-electron chi connectivity index (χ4n) is 1.91. The lowest BCUT2D eigenvalue weighted by molar-refractivity contribution is 1.10. The molecule has 2 N–H and O–H groups in total. The van der Waals surface area contributed by atoms with Crippen molar-refractivity contribution in [3.63, 3.8) is 0 Å². The van der Waals surface area contributed by atoms with Crippen LogP contribution in [-0.2, 0) is 0 Å². The minimum atomic E-state index is 0.574. The van der Waals surface area contributed by atoms with Crippen molar-refractivity contribution in [2.45, 2.75) is 6.92 Å². The first-order chi connectivity index (χ1) is 8.27. The van der Waals surface area contributed by atoms with Gasteiger partial charge < -0.3 is 5.73 Å². The van der Waals surface area contributed by atoms with Crippen LogP contribution in [-0.4, -0.2) is 19.6 Å². The van der Waals surface area contributed by atoms with E-state index in [1.165, 1.54) is 0 Å². The summed E-state index contributed by atoms with van der Waals surface area (Å²) in [6.07, 6.45) is 3.57. The van der Waals surface area contributed by atoms with Crippen molar-refractivity contribution in [3.05, 3.63) is 42.2 Å². The number of benzene rings is 1. The molecule has 3 rings (SSSR count). The molecule has 0 spiro atoms. The van der Waals surface area contributed by atoms with E-state index < -0.39 is 0 Å². The summed E-state index contributed by atoms with van der Waals surface area (Å²) in [6.45, 7) is 2.00. The lowest BCUT2D eigenvalue weighted by Gasteiger charge is -2.06. The molecule has 1 aromatic carbocycles. The number of hydrogen-bond donors (Lipinski definition) is 1. The van der Waals surface area contributed by atoms with Gasteiger partial charge in [-0.1, -0.05) is 12.1 Å². The third kappa shape index (κ3) is 1.44. The second-order valence-corrected chi connectivity index (χ2v) is 3.85. The SMILES string of the molecule is Cc1cccc(N)c1-c1nnc2ncccn12. The molecule has 0 bridgehead atoms. The second kappa shape index (κ2) is 3.55. The van der Waals surface area contributed by atoms with Gasteiger partial charge in [-0.05, 0) is 24.6 Å². The molecular weight excluding hydrogens is 214 g/mol. The molecule has 0 unspecified atom stereocenters. The maximum Gasteiger partial charge on any atom is 0.255 e. The average molecular weight is 225 g/mol. The van der Waals surface area contributed by atoms with E-state index in [9.17, 15) is 0 Å². The summed E-state index contributed by atoms with van der Waals surface area (Å²) in [6, 6.07) is 7.63. The lowest BCUT2D eigenvalue weighted by atomic mass is 10.1. The van der Waals surface area contributed by atoms with E-state index in [0.29, 0.717) is 11.5 Å². The van der Waals surface area contributed by atoms with Crippen LogP contribution >= 0.6 is 0 Å². The number of aryl methyl sites for hydroxylation is 1. The summed E-state index contributed by atoms with van der Waals surface area (Å²) in [4.78, 5) is 4.14. The van der Waals surface area contributed by atoms with Gasteiger partial charge in [-0.15, -0.1) is 10.2 Å². The van der Waals surface area contributed by atoms with E-state index in [2.05, 4.69) is 15.2 Å². The van der Waals surface area contributed by atoms with Crippen molar-refractivity contribution in [1.82, 2.24) is 19.6 Å². The molecular formula is C12H11N5. The number of nitrogens with zero attached hydrogens (tertiary/aromatic N) is 4. The summed E-state index contributed by atoms with van der Waals surface area (Å²) in [5.41, 5.74) is 8.68. The van der Waals surface area contributed by atoms with Crippen LogP contribution in [0.4, 0.5) is 5.69 Å². The number of anilines is 1. The summed E-state index contributed by atoms with van der Waals surface area (Å²) in [5.74, 6) is 1.30. The number of fused-ring (bicyclic) bond motifs is 1. The molecule has 0 aliphatic rings. The van der Waals surface area contributed by atoms with Gasteiger partial charge in [0.15, 0.2) is 5.82 Å². The monoisotopic (exact) mass is 225 g/mol. The standard InChI is InChI=1S/C12H11N5/c1-8-4-2-5-9(13)10(8)11-15-16-12-14-6-3-7-17(11)12/h2-7H,13H2,1H3. The molecule has 17 heavy (non-hydrogen) atoms. The summed E-state index contributed by atoms with van der Waals surface area (Å²) in [7, 11) is 0. The fraction of sp³-hybridized carbons (Fsp3) is 0.0833. The molecule has 0 saturated carbocycles. The Labute approximate surface area is 97.9 Å². The van der Waals surface area contributed by atoms with E-state index in [1.807, 2.05) is 41.8 Å². The molecule has 0 amide bonds. The topological polar surface area (TPSA) is 69.1 Å². The molecule has 0 aliphatic carbocycles. The highest BCUT2D eigenvalue weighted by Crippen LogP contribution is 2.27. The first kappa shape index (κ1) is 9.77. The number of rotatable bonds is 1. The van der Waals surface area contributed by atoms with E-state index in [4.69, 9.17) is 5.73 Å². The molecule has 0 fully saturated rings. The van der Waals surface area contributed by atoms with Gasteiger partial charge in [-0.2, -0.15) is 0 Å². The van der Waals surface area contributed by atoms with Gasteiger partial charge in [0.05, 0.1) is 0 Å². The molecule has 0 radical (unpaired) electrons. The third-order valence-corrected chi connectivity index (χ3v) is 2.72. The number of nitrogen functional groups attached to an aromatic ring is 1. The van der Waals surface area contributed by atoms with E-state index >= 15 is 0 Å². The zero-order chi connectivity index (χ0) is 11.8. The highest BCUT2D eigenvalue weighted by molar-refractivity contribution is 5.75. The van der Waals surface area contributed by atoms with Crippen LogP contribution in [0.25, 0.3) is 17.2 Å². The molecule has 0 saturated heterocycles. The van der Waals surface area contributed by atoms with Crippen LogP contribution in [0.3, 0.4) is 0 Å². The predicted octanol–water partition coefficient (Wildman–Crippen LogP) is 1.68. The Kier molecular flexibility index (Phi) is 2.04. The maximum absolute atomic E-state index is 6.00. The average Bonchev–Trinajstić information content (AvgIpc) is 2.73. The van der Waals surface area contributed by atoms with E-state index in [0.717, 1.165) is 17.0 Å². The van der Waals surface area contributed by atoms with E-state index in [1.54, 1.807) is 6.20 Å². The minimum Gasteiger partial charge on any atom is -0.398 e. The third-order valence-electron chi connectivity index (χ3n) is 2.72. The first-order valence-electron chi connectivity index (χ1n) is 5.28. The largest absolute Gasteiger partial charge is 0.398 e. The molecule has 5 nitrogen and oxygen atoms in total. The van der Waals surface area contributed by atoms with Crippen LogP contribution < -0.4 is 5.73 Å². The summed E-state index contributed by atoms with van der Waals surface area (Å²) < 4.78 is 1.83. The Morgan fingerprint density at radius 3 is 2.88 bits per heavy atom. The van der Waals surface area contributed by atoms with Crippen LogP contribution in [0.2, 0.25) is 0 Å². The summed E-state index contributed by atoms with van der Waals surface area (Å²) >= 11 is 0. The van der Waals surface area contributed by atoms with Crippen molar-refractivity contribution in [1.29, 1.82) is 0 Å². The van der Waals surface area contributed by atoms with Crippen LogP contribution in [0.1, 0.15) is 5.56 Å². The number of nitrogens with two attached hydrogens (primary N) is 1. The first-order valence-corrected chi connectivity index (χ1v) is 5.28. The van der Waals surface area contributed by atoms with Crippen LogP contribution in [0.5, 0.6) is 0 Å². The smallest absolute Gasteiger partial charge is 0.255 e. The van der Waals surface area contributed by atoms with Gasteiger partial charge in [0.25, 0.3) is 5.78 Å². The minimum absolute atomic E-state index is 0.574. The van der Waals surface area contributed by atoms with Gasteiger partial charge in [0, 0.05) is 23.6 Å². The Morgan fingerprint density at radius 2 is 2.06 bits per heavy atom. The molecule has 84 valence electrons. The number of hydrogen-bond acceptors (Lipinski definition) is 4. The van der Waals surface area contributed by atoms with Crippen molar-refractivity contribution < 1.29 is 0 Å². The van der Waals surface area contributed by atoms with E-state index in [-0.39, 0.29) is 0 Å². The van der Waals surface area contributed by atoms with Crippen molar-refractivity contribution in [2.75, 3.05) is 5.73 Å². The highest BCUT2D eigenvalue weighted by atomic mass is 15.3. The van der Waals surface area contributed by atoms with Crippen molar-refractivity contribution in [2.24, 2.45) is 0 Å². The quantitative estimate of drug-likeness (QED) is 0.640. The predicted molar refractivity (Wildman–Crippen MR) is 65.4 cm³/mol. The zero-order valence-corrected chi connectivity index (χ0v) is 9.33.